The summed E-state index contributed by atoms with van der Waals surface area (Å²) in [6, 6.07) is 7.92. The van der Waals surface area contributed by atoms with Crippen LogP contribution in [-0.4, -0.2) is 34.0 Å². The highest BCUT2D eigenvalue weighted by Crippen LogP contribution is 2.32. The van der Waals surface area contributed by atoms with Crippen molar-refractivity contribution in [3.63, 3.8) is 0 Å². The summed E-state index contributed by atoms with van der Waals surface area (Å²) in [5.41, 5.74) is 1.68. The Morgan fingerprint density at radius 1 is 1.04 bits per heavy atom. The Labute approximate surface area is 158 Å². The first-order valence-corrected chi connectivity index (χ1v) is 9.53. The Morgan fingerprint density at radius 2 is 1.64 bits per heavy atom. The van der Waals surface area contributed by atoms with Crippen LogP contribution in [0.5, 0.6) is 11.5 Å². The number of halogens is 2. The molecule has 0 aliphatic rings. The van der Waals surface area contributed by atoms with Crippen molar-refractivity contribution in [2.75, 3.05) is 21.3 Å². The van der Waals surface area contributed by atoms with E-state index >= 15 is 0 Å². The second-order valence-electron chi connectivity index (χ2n) is 5.47. The molecule has 0 bridgehead atoms. The Bertz CT molecular complexity index is 884. The largest absolute Gasteiger partial charge is 0.493 e. The van der Waals surface area contributed by atoms with Gasteiger partial charge in [0.05, 0.1) is 19.2 Å². The van der Waals surface area contributed by atoms with Gasteiger partial charge in [-0.25, -0.2) is 8.42 Å². The van der Waals surface area contributed by atoms with E-state index in [4.69, 9.17) is 32.7 Å². The topological polar surface area (TPSA) is 55.8 Å². The molecule has 0 spiro atoms. The maximum Gasteiger partial charge on any atom is 0.244 e. The molecule has 0 N–H and O–H groups in total. The molecule has 5 nitrogen and oxygen atoms in total. The van der Waals surface area contributed by atoms with Crippen LogP contribution in [0.15, 0.2) is 35.2 Å². The van der Waals surface area contributed by atoms with Gasteiger partial charge in [0.1, 0.15) is 4.90 Å². The van der Waals surface area contributed by atoms with Gasteiger partial charge >= 0.3 is 0 Å². The zero-order valence-corrected chi connectivity index (χ0v) is 16.7. The molecule has 2 aromatic rings. The van der Waals surface area contributed by atoms with E-state index in [1.807, 2.05) is 6.92 Å². The molecule has 0 fully saturated rings. The molecule has 25 heavy (non-hydrogen) atoms. The number of rotatable bonds is 6. The lowest BCUT2D eigenvalue weighted by Crippen LogP contribution is -2.27. The number of sulfonamides is 1. The van der Waals surface area contributed by atoms with Crippen LogP contribution in [0.1, 0.15) is 11.1 Å². The third-order valence-electron chi connectivity index (χ3n) is 3.82. The highest BCUT2D eigenvalue weighted by atomic mass is 35.5. The third-order valence-corrected chi connectivity index (χ3v) is 6.34. The maximum atomic E-state index is 12.8. The van der Waals surface area contributed by atoms with Crippen molar-refractivity contribution in [1.82, 2.24) is 4.31 Å². The van der Waals surface area contributed by atoms with Gasteiger partial charge in [-0.2, -0.15) is 4.31 Å². The molecule has 2 aromatic carbocycles. The number of nitrogens with zero attached hydrogens (tertiary/aromatic N) is 1. The summed E-state index contributed by atoms with van der Waals surface area (Å²) in [6.07, 6.45) is 0. The molecule has 0 aliphatic heterocycles. The highest BCUT2D eigenvalue weighted by molar-refractivity contribution is 7.89. The number of methoxy groups -OCH3 is 2. The van der Waals surface area contributed by atoms with Gasteiger partial charge in [0.15, 0.2) is 11.5 Å². The van der Waals surface area contributed by atoms with Crippen molar-refractivity contribution >= 4 is 33.2 Å². The predicted molar refractivity (Wildman–Crippen MR) is 99.4 cm³/mol. The minimum atomic E-state index is -3.80. The average Bonchev–Trinajstić information content (AvgIpc) is 2.58. The van der Waals surface area contributed by atoms with Gasteiger partial charge in [-0.05, 0) is 48.4 Å². The van der Waals surface area contributed by atoms with E-state index in [-0.39, 0.29) is 16.5 Å². The molecule has 2 rings (SSSR count). The lowest BCUT2D eigenvalue weighted by molar-refractivity contribution is 0.353. The highest BCUT2D eigenvalue weighted by Gasteiger charge is 2.25. The summed E-state index contributed by atoms with van der Waals surface area (Å²) >= 11 is 12.0. The van der Waals surface area contributed by atoms with Crippen molar-refractivity contribution < 1.29 is 17.9 Å². The van der Waals surface area contributed by atoms with E-state index in [9.17, 15) is 8.42 Å². The van der Waals surface area contributed by atoms with Crippen LogP contribution in [0.25, 0.3) is 0 Å². The molecular weight excluding hydrogens is 385 g/mol. The smallest absolute Gasteiger partial charge is 0.244 e. The van der Waals surface area contributed by atoms with Gasteiger partial charge < -0.3 is 9.47 Å². The molecule has 8 heteroatoms. The fourth-order valence-electron chi connectivity index (χ4n) is 2.36. The Balaban J connectivity index is 2.39. The Morgan fingerprint density at radius 3 is 2.24 bits per heavy atom. The van der Waals surface area contributed by atoms with Crippen molar-refractivity contribution in [2.45, 2.75) is 18.4 Å². The lowest BCUT2D eigenvalue weighted by Gasteiger charge is -2.20. The first kappa shape index (κ1) is 19.8. The number of hydrogen-bond acceptors (Lipinski definition) is 4. The van der Waals surface area contributed by atoms with Crippen LogP contribution in [-0.2, 0) is 16.6 Å². The van der Waals surface area contributed by atoms with E-state index in [1.54, 1.807) is 25.3 Å². The maximum absolute atomic E-state index is 12.8. The molecule has 0 aliphatic carbocycles. The number of ether oxygens (including phenoxy) is 2. The first-order chi connectivity index (χ1) is 11.7. The molecule has 136 valence electrons. The predicted octanol–water partition coefficient (Wildman–Crippen LogP) is 4.14. The van der Waals surface area contributed by atoms with Gasteiger partial charge in [-0.1, -0.05) is 23.2 Å². The minimum absolute atomic E-state index is 0.0257. The van der Waals surface area contributed by atoms with Crippen LogP contribution in [0.3, 0.4) is 0 Å². The van der Waals surface area contributed by atoms with E-state index in [0.717, 1.165) is 11.1 Å². The monoisotopic (exact) mass is 403 g/mol. The summed E-state index contributed by atoms with van der Waals surface area (Å²) in [6.45, 7) is 2.03. The van der Waals surface area contributed by atoms with Crippen LogP contribution >= 0.6 is 23.2 Å². The van der Waals surface area contributed by atoms with Crippen LogP contribution in [0.4, 0.5) is 0 Å². The van der Waals surface area contributed by atoms with E-state index in [2.05, 4.69) is 0 Å². The van der Waals surface area contributed by atoms with E-state index < -0.39 is 10.0 Å². The van der Waals surface area contributed by atoms with Gasteiger partial charge in [0, 0.05) is 18.6 Å². The zero-order chi connectivity index (χ0) is 18.8. The lowest BCUT2D eigenvalue weighted by atomic mass is 10.1. The molecular formula is C17H19Cl2NO4S. The van der Waals surface area contributed by atoms with Crippen molar-refractivity contribution in [3.8, 4) is 11.5 Å². The van der Waals surface area contributed by atoms with E-state index in [1.165, 1.54) is 30.6 Å². The first-order valence-electron chi connectivity index (χ1n) is 7.33. The van der Waals surface area contributed by atoms with E-state index in [0.29, 0.717) is 16.5 Å². The van der Waals surface area contributed by atoms with Gasteiger partial charge in [0.25, 0.3) is 0 Å². The fraction of sp³-hybridized carbons (Fsp3) is 0.294. The average molecular weight is 404 g/mol. The van der Waals surface area contributed by atoms with Gasteiger partial charge in [0.2, 0.25) is 10.0 Å². The Hall–Kier alpha value is -1.47. The Kier molecular flexibility index (Phi) is 6.21. The van der Waals surface area contributed by atoms with Crippen LogP contribution in [0.2, 0.25) is 10.0 Å². The molecule has 0 saturated carbocycles. The SMILES string of the molecule is COc1cc(C)c(CN(C)S(=O)(=O)c2cc(Cl)ccc2Cl)cc1OC. The summed E-state index contributed by atoms with van der Waals surface area (Å²) < 4.78 is 37.4. The second kappa shape index (κ2) is 7.83. The zero-order valence-electron chi connectivity index (χ0n) is 14.3. The quantitative estimate of drug-likeness (QED) is 0.726. The molecule has 0 atom stereocenters. The molecule has 0 heterocycles. The normalized spacial score (nSPS) is 11.6. The summed E-state index contributed by atoms with van der Waals surface area (Å²) in [5.74, 6) is 1.13. The standard InChI is InChI=1S/C17H19Cl2NO4S/c1-11-7-15(23-3)16(24-4)8-12(11)10-20(2)25(21,22)17-9-13(18)5-6-14(17)19/h5-9H,10H2,1-4H3. The van der Waals surface area contributed by atoms with Gasteiger partial charge in [-0.3, -0.25) is 0 Å². The van der Waals surface area contributed by atoms with Crippen molar-refractivity contribution in [1.29, 1.82) is 0 Å². The molecule has 0 radical (unpaired) electrons. The number of aryl methyl sites for hydroxylation is 1. The molecule has 0 amide bonds. The third kappa shape index (κ3) is 4.20. The summed E-state index contributed by atoms with van der Waals surface area (Å²) in [4.78, 5) is -0.0257. The summed E-state index contributed by atoms with van der Waals surface area (Å²) in [5, 5.41) is 0.430. The molecule has 0 aromatic heterocycles. The fourth-order valence-corrected chi connectivity index (χ4v) is 4.24. The van der Waals surface area contributed by atoms with Crippen molar-refractivity contribution in [3.05, 3.63) is 51.5 Å². The second-order valence-corrected chi connectivity index (χ2v) is 8.33. The minimum Gasteiger partial charge on any atom is -0.493 e. The molecule has 0 unspecified atom stereocenters. The van der Waals surface area contributed by atoms with Crippen LogP contribution in [0, 0.1) is 6.92 Å². The molecule has 0 saturated heterocycles. The number of benzene rings is 2. The number of hydrogen-bond donors (Lipinski definition) is 0. The van der Waals surface area contributed by atoms with Crippen LogP contribution < -0.4 is 9.47 Å². The van der Waals surface area contributed by atoms with Gasteiger partial charge in [-0.15, -0.1) is 0 Å². The van der Waals surface area contributed by atoms with Crippen molar-refractivity contribution in [2.24, 2.45) is 0 Å². The summed E-state index contributed by atoms with van der Waals surface area (Å²) in [7, 11) is 0.773.